The standard InChI is InChI=1S/C18H26BrNO2/c1-12(2)8-14-6-5-7-17(16(14)9-13(3)4)20-18(22)10-15(21)11-19/h5-7,12-13H,8-11H2,1-4H3,(H,20,22). The molecule has 0 saturated heterocycles. The second kappa shape index (κ2) is 9.09. The molecule has 0 unspecified atom stereocenters. The first-order valence-corrected chi connectivity index (χ1v) is 8.93. The largest absolute Gasteiger partial charge is 0.325 e. The lowest BCUT2D eigenvalue weighted by Gasteiger charge is -2.18. The van der Waals surface area contributed by atoms with Crippen LogP contribution in [0.15, 0.2) is 18.2 Å². The zero-order chi connectivity index (χ0) is 16.7. The molecule has 3 nitrogen and oxygen atoms in total. The van der Waals surface area contributed by atoms with E-state index in [-0.39, 0.29) is 23.4 Å². The third kappa shape index (κ3) is 6.30. The van der Waals surface area contributed by atoms with Gasteiger partial charge in [-0.1, -0.05) is 55.8 Å². The van der Waals surface area contributed by atoms with Gasteiger partial charge in [-0.2, -0.15) is 0 Å². The summed E-state index contributed by atoms with van der Waals surface area (Å²) >= 11 is 3.09. The van der Waals surface area contributed by atoms with Crippen molar-refractivity contribution in [2.75, 3.05) is 10.6 Å². The minimum atomic E-state index is -0.240. The van der Waals surface area contributed by atoms with Crippen molar-refractivity contribution >= 4 is 33.3 Å². The summed E-state index contributed by atoms with van der Waals surface area (Å²) in [5, 5.41) is 3.13. The fourth-order valence-corrected chi connectivity index (χ4v) is 2.65. The summed E-state index contributed by atoms with van der Waals surface area (Å²) in [6.07, 6.45) is 1.83. The van der Waals surface area contributed by atoms with Gasteiger partial charge in [0, 0.05) is 5.69 Å². The Bertz CT molecular complexity index is 524. The normalized spacial score (nSPS) is 11.0. The second-order valence-electron chi connectivity index (χ2n) is 6.54. The molecule has 0 saturated carbocycles. The number of halogens is 1. The summed E-state index contributed by atoms with van der Waals surface area (Å²) in [7, 11) is 0. The number of carbonyl (C=O) groups excluding carboxylic acids is 2. The number of Topliss-reactive ketones (excluding diaryl/α,β-unsaturated/α-hetero) is 1. The van der Waals surface area contributed by atoms with Crippen molar-refractivity contribution in [2.24, 2.45) is 11.8 Å². The molecule has 0 aliphatic heterocycles. The van der Waals surface area contributed by atoms with Crippen molar-refractivity contribution < 1.29 is 9.59 Å². The Morgan fingerprint density at radius 1 is 1.09 bits per heavy atom. The average Bonchev–Trinajstić information content (AvgIpc) is 2.41. The van der Waals surface area contributed by atoms with Gasteiger partial charge in [0.2, 0.25) is 5.91 Å². The molecular formula is C18H26BrNO2. The first-order chi connectivity index (χ1) is 10.3. The van der Waals surface area contributed by atoms with E-state index < -0.39 is 0 Å². The van der Waals surface area contributed by atoms with Gasteiger partial charge in [-0.15, -0.1) is 0 Å². The van der Waals surface area contributed by atoms with Gasteiger partial charge in [0.05, 0.1) is 11.8 Å². The maximum atomic E-state index is 12.0. The fourth-order valence-electron chi connectivity index (χ4n) is 2.45. The number of carbonyl (C=O) groups is 2. The molecule has 0 aliphatic rings. The Morgan fingerprint density at radius 3 is 2.27 bits per heavy atom. The first-order valence-electron chi connectivity index (χ1n) is 7.81. The zero-order valence-electron chi connectivity index (χ0n) is 13.9. The van der Waals surface area contributed by atoms with Gasteiger partial charge in [-0.25, -0.2) is 0 Å². The molecule has 1 aromatic carbocycles. The number of amides is 1. The van der Waals surface area contributed by atoms with Gasteiger partial charge < -0.3 is 5.32 Å². The average molecular weight is 368 g/mol. The van der Waals surface area contributed by atoms with Crippen molar-refractivity contribution in [3.8, 4) is 0 Å². The van der Waals surface area contributed by atoms with Crippen molar-refractivity contribution in [1.82, 2.24) is 0 Å². The summed E-state index contributed by atoms with van der Waals surface area (Å²) in [6.45, 7) is 8.73. The molecule has 22 heavy (non-hydrogen) atoms. The number of rotatable bonds is 8. The molecule has 1 aromatic rings. The predicted octanol–water partition coefficient (Wildman–Crippen LogP) is 4.38. The Balaban J connectivity index is 3.01. The molecule has 1 amide bonds. The van der Waals surface area contributed by atoms with Crippen LogP contribution in [-0.2, 0) is 22.4 Å². The lowest BCUT2D eigenvalue weighted by Crippen LogP contribution is -2.19. The highest BCUT2D eigenvalue weighted by molar-refractivity contribution is 9.09. The van der Waals surface area contributed by atoms with E-state index in [1.54, 1.807) is 0 Å². The van der Waals surface area contributed by atoms with Crippen LogP contribution < -0.4 is 5.32 Å². The van der Waals surface area contributed by atoms with Gasteiger partial charge in [0.1, 0.15) is 0 Å². The van der Waals surface area contributed by atoms with Crippen LogP contribution in [0.5, 0.6) is 0 Å². The molecule has 0 aliphatic carbocycles. The summed E-state index contributed by atoms with van der Waals surface area (Å²) in [6, 6.07) is 6.04. The van der Waals surface area contributed by atoms with Crippen LogP contribution in [0, 0.1) is 11.8 Å². The van der Waals surface area contributed by atoms with Gasteiger partial charge in [-0.05, 0) is 41.9 Å². The molecule has 4 heteroatoms. The highest BCUT2D eigenvalue weighted by Crippen LogP contribution is 2.25. The molecule has 1 N–H and O–H groups in total. The van der Waals surface area contributed by atoms with Crippen LogP contribution >= 0.6 is 15.9 Å². The SMILES string of the molecule is CC(C)Cc1cccc(NC(=O)CC(=O)CBr)c1CC(C)C. The molecule has 0 heterocycles. The maximum Gasteiger partial charge on any atom is 0.231 e. The Morgan fingerprint density at radius 2 is 1.73 bits per heavy atom. The number of hydrogen-bond donors (Lipinski definition) is 1. The van der Waals surface area contributed by atoms with E-state index in [4.69, 9.17) is 0 Å². The van der Waals surface area contributed by atoms with E-state index in [0.717, 1.165) is 18.5 Å². The molecule has 0 bridgehead atoms. The first kappa shape index (κ1) is 18.9. The number of ketones is 1. The number of benzene rings is 1. The highest BCUT2D eigenvalue weighted by Gasteiger charge is 2.15. The van der Waals surface area contributed by atoms with Crippen molar-refractivity contribution in [1.29, 1.82) is 0 Å². The van der Waals surface area contributed by atoms with Gasteiger partial charge in [0.15, 0.2) is 5.78 Å². The Kier molecular flexibility index (Phi) is 7.80. The fraction of sp³-hybridized carbons (Fsp3) is 0.556. The maximum absolute atomic E-state index is 12.0. The van der Waals surface area contributed by atoms with E-state index in [0.29, 0.717) is 11.8 Å². The topological polar surface area (TPSA) is 46.2 Å². The number of alkyl halides is 1. The van der Waals surface area contributed by atoms with E-state index >= 15 is 0 Å². The summed E-state index contributed by atoms with van der Waals surface area (Å²) in [4.78, 5) is 23.4. The predicted molar refractivity (Wildman–Crippen MR) is 95.6 cm³/mol. The van der Waals surface area contributed by atoms with E-state index in [1.165, 1.54) is 11.1 Å². The minimum Gasteiger partial charge on any atom is -0.325 e. The second-order valence-corrected chi connectivity index (χ2v) is 7.10. The summed E-state index contributed by atoms with van der Waals surface area (Å²) < 4.78 is 0. The van der Waals surface area contributed by atoms with E-state index in [1.807, 2.05) is 12.1 Å². The van der Waals surface area contributed by atoms with Crippen LogP contribution in [-0.4, -0.2) is 17.0 Å². The number of nitrogens with one attached hydrogen (secondary N) is 1. The van der Waals surface area contributed by atoms with Gasteiger partial charge in [-0.3, -0.25) is 9.59 Å². The van der Waals surface area contributed by atoms with Gasteiger partial charge >= 0.3 is 0 Å². The Hall–Kier alpha value is -1.16. The third-order valence-corrected chi connectivity index (χ3v) is 3.92. The van der Waals surface area contributed by atoms with Crippen molar-refractivity contribution in [2.45, 2.75) is 47.0 Å². The van der Waals surface area contributed by atoms with Crippen LogP contribution in [0.2, 0.25) is 0 Å². The van der Waals surface area contributed by atoms with Crippen LogP contribution in [0.1, 0.15) is 45.2 Å². The molecular weight excluding hydrogens is 342 g/mol. The minimum absolute atomic E-state index is 0.0826. The number of anilines is 1. The number of hydrogen-bond acceptors (Lipinski definition) is 2. The molecule has 122 valence electrons. The lowest BCUT2D eigenvalue weighted by molar-refractivity contribution is -0.123. The highest BCUT2D eigenvalue weighted by atomic mass is 79.9. The van der Waals surface area contributed by atoms with Crippen molar-refractivity contribution in [3.63, 3.8) is 0 Å². The molecule has 0 fully saturated rings. The van der Waals surface area contributed by atoms with Crippen LogP contribution in [0.4, 0.5) is 5.69 Å². The summed E-state index contributed by atoms with van der Waals surface area (Å²) in [5.74, 6) is 0.720. The smallest absolute Gasteiger partial charge is 0.231 e. The molecule has 0 spiro atoms. The van der Waals surface area contributed by atoms with E-state index in [2.05, 4.69) is 55.0 Å². The summed E-state index contributed by atoms with van der Waals surface area (Å²) in [5.41, 5.74) is 3.33. The van der Waals surface area contributed by atoms with Crippen LogP contribution in [0.3, 0.4) is 0 Å². The van der Waals surface area contributed by atoms with Crippen molar-refractivity contribution in [3.05, 3.63) is 29.3 Å². The van der Waals surface area contributed by atoms with E-state index in [9.17, 15) is 9.59 Å². The molecule has 0 radical (unpaired) electrons. The molecule has 0 aromatic heterocycles. The van der Waals surface area contributed by atoms with Crippen LogP contribution in [0.25, 0.3) is 0 Å². The molecule has 1 rings (SSSR count). The van der Waals surface area contributed by atoms with Gasteiger partial charge in [0.25, 0.3) is 0 Å². The third-order valence-electron chi connectivity index (χ3n) is 3.29. The lowest BCUT2D eigenvalue weighted by atomic mass is 9.91. The zero-order valence-corrected chi connectivity index (χ0v) is 15.5. The quantitative estimate of drug-likeness (QED) is 0.547. The molecule has 0 atom stereocenters. The Labute approximate surface area is 142 Å². The monoisotopic (exact) mass is 367 g/mol.